The van der Waals surface area contributed by atoms with Crippen LogP contribution in [0.25, 0.3) is 10.9 Å². The van der Waals surface area contributed by atoms with E-state index < -0.39 is 0 Å². The number of para-hydroxylation sites is 1. The number of hydrogen-bond donors (Lipinski definition) is 1. The third-order valence-corrected chi connectivity index (χ3v) is 6.71. The zero-order chi connectivity index (χ0) is 22.5. The summed E-state index contributed by atoms with van der Waals surface area (Å²) in [5, 5.41) is 1.25. The predicted octanol–water partition coefficient (Wildman–Crippen LogP) is 5.31. The van der Waals surface area contributed by atoms with Gasteiger partial charge in [0.1, 0.15) is 0 Å². The molecular weight excluding hydrogens is 400 g/mol. The van der Waals surface area contributed by atoms with Crippen LogP contribution >= 0.6 is 0 Å². The first-order chi connectivity index (χ1) is 15.5. The Kier molecular flexibility index (Phi) is 7.30. The number of benzene rings is 1. The standard InChI is InChI=1S/C26H36N4O2/c1-4-5-8-20(15-21-17-27-23-10-7-6-9-22(21)23)16-24(31)25-18-28-26(32-25)30-13-11-29(12-14-30)19(2)3/h6-7,9-10,17-20,27H,4-5,8,11-16H2,1-3H3. The summed E-state index contributed by atoms with van der Waals surface area (Å²) in [7, 11) is 0. The van der Waals surface area contributed by atoms with E-state index in [9.17, 15) is 4.79 Å². The third kappa shape index (κ3) is 5.23. The highest BCUT2D eigenvalue weighted by atomic mass is 16.4. The number of aromatic nitrogens is 2. The Balaban J connectivity index is 1.40. The highest BCUT2D eigenvalue weighted by molar-refractivity contribution is 5.93. The second kappa shape index (κ2) is 10.3. The average molecular weight is 437 g/mol. The van der Waals surface area contributed by atoms with Gasteiger partial charge < -0.3 is 14.3 Å². The summed E-state index contributed by atoms with van der Waals surface area (Å²) in [5.41, 5.74) is 2.44. The number of H-pyrrole nitrogens is 1. The van der Waals surface area contributed by atoms with Crippen LogP contribution in [0.15, 0.2) is 41.1 Å². The summed E-state index contributed by atoms with van der Waals surface area (Å²) < 4.78 is 5.93. The summed E-state index contributed by atoms with van der Waals surface area (Å²) in [6.45, 7) is 10.4. The maximum atomic E-state index is 13.1. The molecule has 0 radical (unpaired) electrons. The van der Waals surface area contributed by atoms with Crippen LogP contribution in [0, 0.1) is 5.92 Å². The molecule has 6 heteroatoms. The van der Waals surface area contributed by atoms with Gasteiger partial charge in [-0.05, 0) is 44.2 Å². The first kappa shape index (κ1) is 22.6. The summed E-state index contributed by atoms with van der Waals surface area (Å²) in [6.07, 6.45) is 8.41. The molecule has 1 aliphatic rings. The van der Waals surface area contributed by atoms with Gasteiger partial charge in [0.2, 0.25) is 0 Å². The molecule has 1 unspecified atom stereocenters. The van der Waals surface area contributed by atoms with Crippen molar-refractivity contribution in [2.45, 2.75) is 58.9 Å². The topological polar surface area (TPSA) is 65.4 Å². The number of nitrogens with zero attached hydrogens (tertiary/aromatic N) is 3. The molecular formula is C26H36N4O2. The smallest absolute Gasteiger partial charge is 0.297 e. The number of unbranched alkanes of at least 4 members (excludes halogenated alkanes) is 1. The molecule has 1 atom stereocenters. The summed E-state index contributed by atoms with van der Waals surface area (Å²) >= 11 is 0. The van der Waals surface area contributed by atoms with Gasteiger partial charge in [-0.25, -0.2) is 4.98 Å². The quantitative estimate of drug-likeness (QED) is 0.437. The first-order valence-corrected chi connectivity index (χ1v) is 12.1. The Morgan fingerprint density at radius 2 is 1.97 bits per heavy atom. The lowest BCUT2D eigenvalue weighted by atomic mass is 9.89. The lowest BCUT2D eigenvalue weighted by molar-refractivity contribution is 0.0931. The molecule has 32 heavy (non-hydrogen) atoms. The Labute approximate surface area is 191 Å². The number of Topliss-reactive ketones (excluding diaryl/α,β-unsaturated/α-hetero) is 1. The number of hydrogen-bond acceptors (Lipinski definition) is 5. The number of carbonyl (C=O) groups is 1. The molecule has 0 amide bonds. The van der Waals surface area contributed by atoms with Crippen LogP contribution < -0.4 is 4.90 Å². The molecule has 0 aliphatic carbocycles. The van der Waals surface area contributed by atoms with Crippen molar-refractivity contribution in [1.82, 2.24) is 14.9 Å². The van der Waals surface area contributed by atoms with E-state index in [1.165, 1.54) is 10.9 Å². The van der Waals surface area contributed by atoms with Gasteiger partial charge in [0.15, 0.2) is 11.5 Å². The summed E-state index contributed by atoms with van der Waals surface area (Å²) in [4.78, 5) is 25.5. The molecule has 2 aromatic heterocycles. The van der Waals surface area contributed by atoms with Gasteiger partial charge in [0.25, 0.3) is 6.01 Å². The van der Waals surface area contributed by atoms with Crippen molar-refractivity contribution in [3.63, 3.8) is 0 Å². The second-order valence-corrected chi connectivity index (χ2v) is 9.32. The van der Waals surface area contributed by atoms with E-state index in [1.807, 2.05) is 6.07 Å². The van der Waals surface area contributed by atoms with Gasteiger partial charge in [-0.2, -0.15) is 0 Å². The van der Waals surface area contributed by atoms with Gasteiger partial charge in [0, 0.05) is 55.7 Å². The Morgan fingerprint density at radius 3 is 2.72 bits per heavy atom. The van der Waals surface area contributed by atoms with Crippen molar-refractivity contribution in [2.75, 3.05) is 31.1 Å². The van der Waals surface area contributed by atoms with Crippen molar-refractivity contribution < 1.29 is 9.21 Å². The van der Waals surface area contributed by atoms with Gasteiger partial charge in [0.05, 0.1) is 6.20 Å². The maximum Gasteiger partial charge on any atom is 0.297 e. The van der Waals surface area contributed by atoms with Gasteiger partial charge in [-0.3, -0.25) is 9.69 Å². The fourth-order valence-corrected chi connectivity index (χ4v) is 4.71. The molecule has 6 nitrogen and oxygen atoms in total. The number of carbonyl (C=O) groups excluding carboxylic acids is 1. The number of piperazine rings is 1. The monoisotopic (exact) mass is 436 g/mol. The summed E-state index contributed by atoms with van der Waals surface area (Å²) in [5.74, 6) is 0.752. The number of oxazole rings is 1. The number of anilines is 1. The molecule has 0 bridgehead atoms. The van der Waals surface area contributed by atoms with E-state index in [1.54, 1.807) is 6.20 Å². The number of fused-ring (bicyclic) bond motifs is 1. The van der Waals surface area contributed by atoms with Crippen molar-refractivity contribution in [2.24, 2.45) is 5.92 Å². The van der Waals surface area contributed by atoms with Crippen LogP contribution in [0.5, 0.6) is 0 Å². The Hall–Kier alpha value is -2.60. The molecule has 3 aromatic rings. The molecule has 1 aromatic carbocycles. The maximum absolute atomic E-state index is 13.1. The highest BCUT2D eigenvalue weighted by Crippen LogP contribution is 2.27. The molecule has 4 rings (SSSR count). The minimum Gasteiger partial charge on any atom is -0.420 e. The van der Waals surface area contributed by atoms with Crippen molar-refractivity contribution in [3.8, 4) is 0 Å². The molecule has 1 aliphatic heterocycles. The van der Waals surface area contributed by atoms with Crippen molar-refractivity contribution in [3.05, 3.63) is 48.0 Å². The lowest BCUT2D eigenvalue weighted by Gasteiger charge is -2.36. The normalized spacial score (nSPS) is 16.2. The number of rotatable bonds is 10. The Morgan fingerprint density at radius 1 is 1.19 bits per heavy atom. The van der Waals surface area contributed by atoms with Gasteiger partial charge >= 0.3 is 0 Å². The molecule has 3 heterocycles. The Bertz CT molecular complexity index is 1010. The number of aromatic amines is 1. The van der Waals surface area contributed by atoms with Crippen LogP contribution in [0.2, 0.25) is 0 Å². The lowest BCUT2D eigenvalue weighted by Crippen LogP contribution is -2.49. The molecule has 1 fully saturated rings. The summed E-state index contributed by atoms with van der Waals surface area (Å²) in [6, 6.07) is 9.51. The minimum absolute atomic E-state index is 0.0607. The zero-order valence-corrected chi connectivity index (χ0v) is 19.6. The van der Waals surface area contributed by atoms with Crippen LogP contribution in [0.3, 0.4) is 0 Å². The van der Waals surface area contributed by atoms with Crippen LogP contribution in [0.1, 0.15) is 62.6 Å². The minimum atomic E-state index is 0.0607. The second-order valence-electron chi connectivity index (χ2n) is 9.32. The van der Waals surface area contributed by atoms with E-state index >= 15 is 0 Å². The van der Waals surface area contributed by atoms with Crippen molar-refractivity contribution >= 4 is 22.7 Å². The van der Waals surface area contributed by atoms with E-state index in [2.05, 4.69) is 64.9 Å². The van der Waals surface area contributed by atoms with Crippen LogP contribution in [-0.4, -0.2) is 52.9 Å². The van der Waals surface area contributed by atoms with Gasteiger partial charge in [-0.1, -0.05) is 38.0 Å². The molecule has 0 saturated carbocycles. The van der Waals surface area contributed by atoms with E-state index in [4.69, 9.17) is 4.42 Å². The zero-order valence-electron chi connectivity index (χ0n) is 19.6. The first-order valence-electron chi connectivity index (χ1n) is 12.1. The predicted molar refractivity (Wildman–Crippen MR) is 129 cm³/mol. The fraction of sp³-hybridized carbons (Fsp3) is 0.538. The fourth-order valence-electron chi connectivity index (χ4n) is 4.71. The highest BCUT2D eigenvalue weighted by Gasteiger charge is 2.24. The van der Waals surface area contributed by atoms with Crippen LogP contribution in [-0.2, 0) is 6.42 Å². The van der Waals surface area contributed by atoms with Crippen LogP contribution in [0.4, 0.5) is 6.01 Å². The number of ketones is 1. The van der Waals surface area contributed by atoms with Gasteiger partial charge in [-0.15, -0.1) is 0 Å². The third-order valence-electron chi connectivity index (χ3n) is 6.71. The van der Waals surface area contributed by atoms with Crippen molar-refractivity contribution in [1.29, 1.82) is 0 Å². The average Bonchev–Trinajstić information content (AvgIpc) is 3.45. The number of nitrogens with one attached hydrogen (secondary N) is 1. The molecule has 172 valence electrons. The molecule has 1 N–H and O–H groups in total. The van der Waals surface area contributed by atoms with E-state index in [0.29, 0.717) is 30.2 Å². The molecule has 1 saturated heterocycles. The van der Waals surface area contributed by atoms with E-state index in [-0.39, 0.29) is 5.78 Å². The van der Waals surface area contributed by atoms with E-state index in [0.717, 1.165) is 57.4 Å². The molecule has 0 spiro atoms. The SMILES string of the molecule is CCCCC(CC(=O)c1cnc(N2CCN(C(C)C)CC2)o1)Cc1c[nH]c2ccccc12. The largest absolute Gasteiger partial charge is 0.420 e.